The summed E-state index contributed by atoms with van der Waals surface area (Å²) in [6.45, 7) is 5.34. The lowest BCUT2D eigenvalue weighted by atomic mass is 10.3. The Bertz CT molecular complexity index is 405. The minimum atomic E-state index is -0.833. The zero-order valence-corrected chi connectivity index (χ0v) is 11.0. The van der Waals surface area contributed by atoms with Crippen molar-refractivity contribution in [3.05, 3.63) is 17.0 Å². The summed E-state index contributed by atoms with van der Waals surface area (Å²) in [6.07, 6.45) is 1.13. The fourth-order valence-electron chi connectivity index (χ4n) is 2.30. The van der Waals surface area contributed by atoms with E-state index in [0.29, 0.717) is 10.9 Å². The van der Waals surface area contributed by atoms with Crippen molar-refractivity contribution in [2.45, 2.75) is 19.4 Å². The summed E-state index contributed by atoms with van der Waals surface area (Å²) in [4.78, 5) is 16.0. The molecule has 0 spiro atoms. The van der Waals surface area contributed by atoms with E-state index in [1.807, 2.05) is 6.07 Å². The molecule has 2 heterocycles. The van der Waals surface area contributed by atoms with E-state index in [0.717, 1.165) is 31.1 Å². The van der Waals surface area contributed by atoms with Crippen LogP contribution in [0, 0.1) is 0 Å². The topological polar surface area (TPSA) is 43.8 Å². The molecule has 4 nitrogen and oxygen atoms in total. The van der Waals surface area contributed by atoms with Crippen molar-refractivity contribution in [1.82, 2.24) is 4.90 Å². The van der Waals surface area contributed by atoms with Crippen molar-refractivity contribution >= 4 is 22.3 Å². The van der Waals surface area contributed by atoms with E-state index >= 15 is 0 Å². The molecule has 5 heteroatoms. The maximum Gasteiger partial charge on any atom is 0.345 e. The maximum absolute atomic E-state index is 10.9. The highest BCUT2D eigenvalue weighted by molar-refractivity contribution is 7.17. The molecule has 1 fully saturated rings. The van der Waals surface area contributed by atoms with Gasteiger partial charge < -0.3 is 14.9 Å². The predicted molar refractivity (Wildman–Crippen MR) is 70.2 cm³/mol. The second kappa shape index (κ2) is 5.06. The molecule has 1 aliphatic rings. The van der Waals surface area contributed by atoms with Gasteiger partial charge in [0.05, 0.1) is 5.00 Å². The summed E-state index contributed by atoms with van der Waals surface area (Å²) in [6, 6.07) is 4.06. The highest BCUT2D eigenvalue weighted by Gasteiger charge is 2.21. The van der Waals surface area contributed by atoms with Gasteiger partial charge in [0.25, 0.3) is 0 Å². The van der Waals surface area contributed by atoms with Crippen molar-refractivity contribution in [2.75, 3.05) is 31.6 Å². The number of hydrogen-bond acceptors (Lipinski definition) is 4. The number of aromatic carboxylic acids is 1. The van der Waals surface area contributed by atoms with E-state index in [4.69, 9.17) is 5.11 Å². The monoisotopic (exact) mass is 254 g/mol. The van der Waals surface area contributed by atoms with Gasteiger partial charge in [-0.25, -0.2) is 4.79 Å². The number of carboxylic acid groups (broad SMARTS) is 1. The third-order valence-corrected chi connectivity index (χ3v) is 4.24. The molecule has 1 saturated heterocycles. The van der Waals surface area contributed by atoms with Crippen LogP contribution < -0.4 is 4.90 Å². The van der Waals surface area contributed by atoms with Crippen molar-refractivity contribution in [2.24, 2.45) is 0 Å². The third-order valence-electron chi connectivity index (χ3n) is 3.13. The van der Waals surface area contributed by atoms with Crippen LogP contribution in [0.3, 0.4) is 0 Å². The molecule has 1 atom stereocenters. The molecule has 0 bridgehead atoms. The van der Waals surface area contributed by atoms with Crippen LogP contribution in [0.25, 0.3) is 0 Å². The SMILES string of the molecule is CC1CN(C)CCCN1c1ccc(C(=O)O)s1. The first-order chi connectivity index (χ1) is 8.08. The Morgan fingerprint density at radius 1 is 1.47 bits per heavy atom. The molecule has 1 unspecified atom stereocenters. The average Bonchev–Trinajstić information content (AvgIpc) is 2.67. The lowest BCUT2D eigenvalue weighted by Crippen LogP contribution is -2.37. The van der Waals surface area contributed by atoms with E-state index in [1.54, 1.807) is 6.07 Å². The summed E-state index contributed by atoms with van der Waals surface area (Å²) in [5.74, 6) is -0.833. The van der Waals surface area contributed by atoms with Crippen molar-refractivity contribution in [3.63, 3.8) is 0 Å². The Morgan fingerprint density at radius 3 is 2.88 bits per heavy atom. The van der Waals surface area contributed by atoms with Gasteiger partial charge in [0, 0.05) is 19.1 Å². The second-order valence-corrected chi connectivity index (χ2v) is 5.66. The van der Waals surface area contributed by atoms with E-state index in [-0.39, 0.29) is 0 Å². The number of hydrogen-bond donors (Lipinski definition) is 1. The van der Waals surface area contributed by atoms with Gasteiger partial charge in [-0.3, -0.25) is 0 Å². The van der Waals surface area contributed by atoms with Crippen molar-refractivity contribution in [3.8, 4) is 0 Å². The second-order valence-electron chi connectivity index (χ2n) is 4.60. The molecule has 17 heavy (non-hydrogen) atoms. The molecule has 0 saturated carbocycles. The number of anilines is 1. The van der Waals surface area contributed by atoms with Crippen LogP contribution in [-0.2, 0) is 0 Å². The summed E-state index contributed by atoms with van der Waals surface area (Å²) >= 11 is 1.37. The summed E-state index contributed by atoms with van der Waals surface area (Å²) in [5, 5.41) is 10.0. The molecule has 0 aliphatic carbocycles. The first-order valence-electron chi connectivity index (χ1n) is 5.86. The number of rotatable bonds is 2. The fraction of sp³-hybridized carbons (Fsp3) is 0.583. The average molecular weight is 254 g/mol. The lowest BCUT2D eigenvalue weighted by molar-refractivity contribution is 0.0702. The Kier molecular flexibility index (Phi) is 3.69. The first-order valence-corrected chi connectivity index (χ1v) is 6.68. The van der Waals surface area contributed by atoms with Crippen LogP contribution in [0.4, 0.5) is 5.00 Å². The standard InChI is InChI=1S/C12H18N2O2S/c1-9-8-13(2)6-3-7-14(9)11-5-4-10(17-11)12(15)16/h4-5,9H,3,6-8H2,1-2H3,(H,15,16). The summed E-state index contributed by atoms with van der Waals surface area (Å²) < 4.78 is 0. The minimum absolute atomic E-state index is 0.421. The van der Waals surface area contributed by atoms with Crippen LogP contribution in [0.15, 0.2) is 12.1 Å². The molecule has 2 rings (SSSR count). The minimum Gasteiger partial charge on any atom is -0.477 e. The van der Waals surface area contributed by atoms with Crippen LogP contribution in [0.2, 0.25) is 0 Å². The Balaban J connectivity index is 2.16. The van der Waals surface area contributed by atoms with Gasteiger partial charge in [-0.15, -0.1) is 11.3 Å². The number of carbonyl (C=O) groups is 1. The fourth-order valence-corrected chi connectivity index (χ4v) is 3.27. The number of likely N-dealkylation sites (N-methyl/N-ethyl adjacent to an activating group) is 1. The molecular formula is C12H18N2O2S. The molecule has 0 radical (unpaired) electrons. The van der Waals surface area contributed by atoms with Gasteiger partial charge >= 0.3 is 5.97 Å². The van der Waals surface area contributed by atoms with Crippen LogP contribution in [-0.4, -0.2) is 48.7 Å². The van der Waals surface area contributed by atoms with Gasteiger partial charge in [0.15, 0.2) is 0 Å². The third kappa shape index (κ3) is 2.79. The normalized spacial score (nSPS) is 22.5. The maximum atomic E-state index is 10.9. The quantitative estimate of drug-likeness (QED) is 0.876. The molecule has 0 amide bonds. The Labute approximate surface area is 105 Å². The van der Waals surface area contributed by atoms with Crippen LogP contribution in [0.1, 0.15) is 23.0 Å². The molecule has 0 aromatic carbocycles. The predicted octanol–water partition coefficient (Wildman–Crippen LogP) is 1.98. The highest BCUT2D eigenvalue weighted by Crippen LogP contribution is 2.28. The van der Waals surface area contributed by atoms with Gasteiger partial charge in [0.1, 0.15) is 4.88 Å². The summed E-state index contributed by atoms with van der Waals surface area (Å²) in [7, 11) is 2.14. The molecule has 1 aromatic rings. The molecule has 94 valence electrons. The molecule has 1 aromatic heterocycles. The van der Waals surface area contributed by atoms with E-state index < -0.39 is 5.97 Å². The smallest absolute Gasteiger partial charge is 0.345 e. The largest absolute Gasteiger partial charge is 0.477 e. The zero-order chi connectivity index (χ0) is 12.4. The van der Waals surface area contributed by atoms with Gasteiger partial charge in [-0.1, -0.05) is 0 Å². The van der Waals surface area contributed by atoms with Crippen molar-refractivity contribution in [1.29, 1.82) is 0 Å². The van der Waals surface area contributed by atoms with E-state index in [2.05, 4.69) is 23.8 Å². The lowest BCUT2D eigenvalue weighted by Gasteiger charge is -2.28. The zero-order valence-electron chi connectivity index (χ0n) is 10.2. The summed E-state index contributed by atoms with van der Waals surface area (Å²) in [5.41, 5.74) is 0. The Hall–Kier alpha value is -1.07. The highest BCUT2D eigenvalue weighted by atomic mass is 32.1. The first kappa shape index (κ1) is 12.4. The molecule has 1 aliphatic heterocycles. The van der Waals surface area contributed by atoms with Crippen LogP contribution >= 0.6 is 11.3 Å². The number of carboxylic acids is 1. The molecule has 1 N–H and O–H groups in total. The van der Waals surface area contributed by atoms with Gasteiger partial charge in [-0.2, -0.15) is 0 Å². The van der Waals surface area contributed by atoms with Crippen molar-refractivity contribution < 1.29 is 9.90 Å². The molecular weight excluding hydrogens is 236 g/mol. The van der Waals surface area contributed by atoms with Gasteiger partial charge in [0.2, 0.25) is 0 Å². The van der Waals surface area contributed by atoms with Gasteiger partial charge in [-0.05, 0) is 39.1 Å². The number of thiophene rings is 1. The Morgan fingerprint density at radius 2 is 2.24 bits per heavy atom. The van der Waals surface area contributed by atoms with E-state index in [1.165, 1.54) is 11.3 Å². The van der Waals surface area contributed by atoms with Crippen LogP contribution in [0.5, 0.6) is 0 Å². The number of nitrogens with zero attached hydrogens (tertiary/aromatic N) is 2. The van der Waals surface area contributed by atoms with E-state index in [9.17, 15) is 4.79 Å².